The van der Waals surface area contributed by atoms with Crippen LogP contribution >= 0.6 is 0 Å². The summed E-state index contributed by atoms with van der Waals surface area (Å²) in [5.74, 6) is -0.0744. The number of hydrogen-bond acceptors (Lipinski definition) is 3. The highest BCUT2D eigenvalue weighted by Crippen LogP contribution is 2.11. The van der Waals surface area contributed by atoms with Crippen molar-refractivity contribution in [2.24, 2.45) is 0 Å². The first kappa shape index (κ1) is 17.3. The summed E-state index contributed by atoms with van der Waals surface area (Å²) in [6, 6.07) is 12.3. The van der Waals surface area contributed by atoms with Gasteiger partial charge in [-0.25, -0.2) is 14.6 Å². The second-order valence-electron chi connectivity index (χ2n) is 5.01. The fourth-order valence-electron chi connectivity index (χ4n) is 1.97. The van der Waals surface area contributed by atoms with Crippen molar-refractivity contribution in [2.45, 2.75) is 13.0 Å². The second kappa shape index (κ2) is 8.52. The van der Waals surface area contributed by atoms with Gasteiger partial charge in [-0.15, -0.1) is 0 Å². The van der Waals surface area contributed by atoms with Gasteiger partial charge in [-0.1, -0.05) is 24.3 Å². The van der Waals surface area contributed by atoms with Crippen molar-refractivity contribution in [2.75, 3.05) is 7.11 Å². The number of methoxy groups -OCH3 is 1. The number of rotatable bonds is 5. The van der Waals surface area contributed by atoms with Gasteiger partial charge in [-0.3, -0.25) is 10.2 Å². The minimum atomic E-state index is -0.537. The van der Waals surface area contributed by atoms with E-state index in [4.69, 9.17) is 4.74 Å². The molecule has 0 saturated heterocycles. The molecular formula is C17H18FN3O3. The minimum absolute atomic E-state index is 0.0381. The van der Waals surface area contributed by atoms with Crippen LogP contribution in [0.3, 0.4) is 0 Å². The van der Waals surface area contributed by atoms with Gasteiger partial charge in [0.1, 0.15) is 11.6 Å². The lowest BCUT2D eigenvalue weighted by atomic mass is 10.1. The summed E-state index contributed by atoms with van der Waals surface area (Å²) >= 11 is 0. The molecule has 6 nitrogen and oxygen atoms in total. The van der Waals surface area contributed by atoms with Crippen molar-refractivity contribution in [3.05, 3.63) is 65.5 Å². The van der Waals surface area contributed by atoms with E-state index in [9.17, 15) is 14.0 Å². The van der Waals surface area contributed by atoms with Gasteiger partial charge >= 0.3 is 6.03 Å². The Morgan fingerprint density at radius 3 is 2.50 bits per heavy atom. The van der Waals surface area contributed by atoms with Crippen LogP contribution in [-0.2, 0) is 17.8 Å². The molecule has 0 aromatic heterocycles. The molecule has 0 unspecified atom stereocenters. The van der Waals surface area contributed by atoms with Crippen LogP contribution < -0.4 is 20.9 Å². The molecule has 0 saturated carbocycles. The Bertz CT molecular complexity index is 704. The van der Waals surface area contributed by atoms with Gasteiger partial charge in [0.05, 0.1) is 13.5 Å². The van der Waals surface area contributed by atoms with E-state index in [2.05, 4.69) is 16.2 Å². The number of nitrogens with one attached hydrogen (secondary N) is 3. The van der Waals surface area contributed by atoms with E-state index in [1.807, 2.05) is 12.1 Å². The standard InChI is InChI=1S/C17H18FN3O3/c1-24-15-4-2-3-13(9-15)11-19-17(23)21-20-16(22)10-12-5-7-14(18)8-6-12/h2-9H,10-11H2,1H3,(H,20,22)(H2,19,21,23). The summed E-state index contributed by atoms with van der Waals surface area (Å²) < 4.78 is 17.9. The smallest absolute Gasteiger partial charge is 0.333 e. The molecule has 7 heteroatoms. The Balaban J connectivity index is 1.72. The Labute approximate surface area is 139 Å². The highest BCUT2D eigenvalue weighted by molar-refractivity contribution is 5.82. The predicted octanol–water partition coefficient (Wildman–Crippen LogP) is 1.91. The number of hydrogen-bond donors (Lipinski definition) is 3. The zero-order valence-corrected chi connectivity index (χ0v) is 13.1. The van der Waals surface area contributed by atoms with Crippen LogP contribution in [0.2, 0.25) is 0 Å². The molecule has 3 amide bonds. The summed E-state index contributed by atoms with van der Waals surface area (Å²) in [7, 11) is 1.57. The first-order valence-corrected chi connectivity index (χ1v) is 7.27. The molecule has 24 heavy (non-hydrogen) atoms. The fraction of sp³-hybridized carbons (Fsp3) is 0.176. The van der Waals surface area contributed by atoms with Gasteiger partial charge < -0.3 is 10.1 Å². The highest BCUT2D eigenvalue weighted by Gasteiger charge is 2.06. The molecule has 0 aliphatic heterocycles. The van der Waals surface area contributed by atoms with Crippen LogP contribution in [0.5, 0.6) is 5.75 Å². The molecule has 0 bridgehead atoms. The number of benzene rings is 2. The molecule has 0 atom stereocenters. The fourth-order valence-corrected chi connectivity index (χ4v) is 1.97. The molecule has 0 aliphatic rings. The van der Waals surface area contributed by atoms with Crippen molar-refractivity contribution in [3.63, 3.8) is 0 Å². The van der Waals surface area contributed by atoms with Gasteiger partial charge in [0, 0.05) is 6.54 Å². The summed E-state index contributed by atoms with van der Waals surface area (Å²) in [6.07, 6.45) is 0.0381. The lowest BCUT2D eigenvalue weighted by molar-refractivity contribution is -0.121. The first-order chi connectivity index (χ1) is 11.6. The number of hydrazine groups is 1. The van der Waals surface area contributed by atoms with Crippen LogP contribution in [0.4, 0.5) is 9.18 Å². The SMILES string of the molecule is COc1cccc(CNC(=O)NNC(=O)Cc2ccc(F)cc2)c1. The third-order valence-electron chi connectivity index (χ3n) is 3.18. The van der Waals surface area contributed by atoms with E-state index in [-0.39, 0.29) is 18.8 Å². The molecule has 2 aromatic carbocycles. The van der Waals surface area contributed by atoms with Crippen LogP contribution in [0.1, 0.15) is 11.1 Å². The Hall–Kier alpha value is -3.09. The Kier molecular flexibility index (Phi) is 6.13. The number of carbonyl (C=O) groups is 2. The number of ether oxygens (including phenoxy) is 1. The third-order valence-corrected chi connectivity index (χ3v) is 3.18. The van der Waals surface area contributed by atoms with Crippen LogP contribution in [-0.4, -0.2) is 19.0 Å². The van der Waals surface area contributed by atoms with Crippen molar-refractivity contribution in [3.8, 4) is 5.75 Å². The van der Waals surface area contributed by atoms with E-state index in [1.165, 1.54) is 24.3 Å². The van der Waals surface area contributed by atoms with E-state index < -0.39 is 11.9 Å². The van der Waals surface area contributed by atoms with Crippen LogP contribution in [0.15, 0.2) is 48.5 Å². The summed E-state index contributed by atoms with van der Waals surface area (Å²) in [6.45, 7) is 0.289. The number of urea groups is 1. The van der Waals surface area contributed by atoms with Gasteiger partial charge in [0.2, 0.25) is 5.91 Å². The van der Waals surface area contributed by atoms with Gasteiger partial charge in [0.25, 0.3) is 0 Å². The van der Waals surface area contributed by atoms with Gasteiger partial charge in [-0.2, -0.15) is 0 Å². The number of carbonyl (C=O) groups excluding carboxylic acids is 2. The quantitative estimate of drug-likeness (QED) is 0.732. The van der Waals surface area contributed by atoms with E-state index in [1.54, 1.807) is 19.2 Å². The van der Waals surface area contributed by atoms with Crippen LogP contribution in [0, 0.1) is 5.82 Å². The zero-order valence-electron chi connectivity index (χ0n) is 13.1. The summed E-state index contributed by atoms with van der Waals surface area (Å²) in [5.41, 5.74) is 6.05. The summed E-state index contributed by atoms with van der Waals surface area (Å²) in [5, 5.41) is 2.61. The maximum atomic E-state index is 12.8. The molecule has 0 aliphatic carbocycles. The molecule has 2 rings (SSSR count). The highest BCUT2D eigenvalue weighted by atomic mass is 19.1. The predicted molar refractivity (Wildman–Crippen MR) is 86.6 cm³/mol. The van der Waals surface area contributed by atoms with Gasteiger partial charge in [-0.05, 0) is 35.4 Å². The molecule has 0 fully saturated rings. The number of halogens is 1. The van der Waals surface area contributed by atoms with E-state index in [0.29, 0.717) is 11.3 Å². The van der Waals surface area contributed by atoms with Crippen LogP contribution in [0.25, 0.3) is 0 Å². The van der Waals surface area contributed by atoms with Crippen molar-refractivity contribution in [1.29, 1.82) is 0 Å². The van der Waals surface area contributed by atoms with Crippen molar-refractivity contribution in [1.82, 2.24) is 16.2 Å². The lowest BCUT2D eigenvalue weighted by Gasteiger charge is -2.10. The number of amides is 3. The van der Waals surface area contributed by atoms with E-state index >= 15 is 0 Å². The largest absolute Gasteiger partial charge is 0.497 e. The van der Waals surface area contributed by atoms with E-state index in [0.717, 1.165) is 5.56 Å². The zero-order chi connectivity index (χ0) is 17.4. The Morgan fingerprint density at radius 2 is 1.79 bits per heavy atom. The normalized spacial score (nSPS) is 9.92. The van der Waals surface area contributed by atoms with Gasteiger partial charge in [0.15, 0.2) is 0 Å². The monoisotopic (exact) mass is 331 g/mol. The molecule has 0 heterocycles. The molecule has 0 spiro atoms. The van der Waals surface area contributed by atoms with Crippen molar-refractivity contribution < 1.29 is 18.7 Å². The topological polar surface area (TPSA) is 79.5 Å². The second-order valence-corrected chi connectivity index (χ2v) is 5.01. The molecule has 3 N–H and O–H groups in total. The maximum Gasteiger partial charge on any atom is 0.333 e. The average molecular weight is 331 g/mol. The van der Waals surface area contributed by atoms with Crippen molar-refractivity contribution >= 4 is 11.9 Å². The molecule has 126 valence electrons. The molecule has 2 aromatic rings. The third kappa shape index (κ3) is 5.60. The Morgan fingerprint density at radius 1 is 1.04 bits per heavy atom. The summed E-state index contributed by atoms with van der Waals surface area (Å²) in [4.78, 5) is 23.4. The lowest BCUT2D eigenvalue weighted by Crippen LogP contribution is -2.47. The molecule has 0 radical (unpaired) electrons. The minimum Gasteiger partial charge on any atom is -0.497 e. The first-order valence-electron chi connectivity index (χ1n) is 7.27. The molecular weight excluding hydrogens is 313 g/mol. The average Bonchev–Trinajstić information content (AvgIpc) is 2.60. The maximum absolute atomic E-state index is 12.8.